The lowest BCUT2D eigenvalue weighted by molar-refractivity contribution is -0.131. The zero-order valence-electron chi connectivity index (χ0n) is 18.0. The van der Waals surface area contributed by atoms with Crippen LogP contribution in [0.5, 0.6) is 0 Å². The molecule has 0 aliphatic rings. The van der Waals surface area contributed by atoms with Gasteiger partial charge in [-0.25, -0.2) is 14.4 Å². The highest BCUT2D eigenvalue weighted by Gasteiger charge is 2.25. The SMILES string of the molecule is CC(=O)C(CC(=O)C(C)OC(=O)c1ccc(N=C=O)cc1)Cc1ccc(C)c(N=C=O)c1. The van der Waals surface area contributed by atoms with E-state index in [1.165, 1.54) is 50.3 Å². The fourth-order valence-corrected chi connectivity index (χ4v) is 3.02. The first-order chi connectivity index (χ1) is 15.2. The maximum absolute atomic E-state index is 12.6. The van der Waals surface area contributed by atoms with Gasteiger partial charge in [0.05, 0.1) is 16.9 Å². The van der Waals surface area contributed by atoms with Crippen LogP contribution in [0.4, 0.5) is 11.4 Å². The number of ketones is 2. The number of Topliss-reactive ketones (excluding diaryl/α,β-unsaturated/α-hetero) is 2. The summed E-state index contributed by atoms with van der Waals surface area (Å²) in [5.41, 5.74) is 2.53. The quantitative estimate of drug-likeness (QED) is 0.318. The summed E-state index contributed by atoms with van der Waals surface area (Å²) in [6.07, 6.45) is 2.03. The molecule has 0 bridgehead atoms. The molecule has 0 heterocycles. The number of ether oxygens (including phenoxy) is 1. The molecule has 2 rings (SSSR count). The number of isocyanates is 2. The molecule has 32 heavy (non-hydrogen) atoms. The highest BCUT2D eigenvalue weighted by atomic mass is 16.5. The van der Waals surface area contributed by atoms with E-state index in [-0.39, 0.29) is 30.0 Å². The lowest BCUT2D eigenvalue weighted by Gasteiger charge is -2.17. The van der Waals surface area contributed by atoms with Crippen molar-refractivity contribution in [3.05, 3.63) is 59.2 Å². The Hall–Kier alpha value is -3.99. The number of rotatable bonds is 10. The molecule has 164 valence electrons. The fraction of sp³-hybridized carbons (Fsp3) is 0.292. The van der Waals surface area contributed by atoms with Crippen molar-refractivity contribution in [3.63, 3.8) is 0 Å². The highest BCUT2D eigenvalue weighted by molar-refractivity contribution is 5.94. The Labute approximate surface area is 185 Å². The van der Waals surface area contributed by atoms with Crippen molar-refractivity contribution >= 4 is 41.1 Å². The topological polar surface area (TPSA) is 119 Å². The number of hydrogen-bond acceptors (Lipinski definition) is 8. The fourth-order valence-electron chi connectivity index (χ4n) is 3.02. The molecular weight excluding hydrogens is 412 g/mol. The standard InChI is InChI=1S/C24H22N2O6/c1-15-4-5-18(11-22(15)26-14-28)10-20(16(2)29)12-23(30)17(3)32-24(31)19-6-8-21(9-7-19)25-13-27/h4-9,11,17,20H,10,12H2,1-3H3. The molecule has 0 aromatic heterocycles. The van der Waals surface area contributed by atoms with Crippen molar-refractivity contribution in [2.75, 3.05) is 0 Å². The van der Waals surface area contributed by atoms with Gasteiger partial charge in [0.25, 0.3) is 0 Å². The number of carbonyl (C=O) groups is 3. The normalized spacial score (nSPS) is 12.0. The molecule has 0 radical (unpaired) electrons. The number of nitrogens with zero attached hydrogens (tertiary/aromatic N) is 2. The van der Waals surface area contributed by atoms with E-state index in [2.05, 4.69) is 9.98 Å². The zero-order valence-corrected chi connectivity index (χ0v) is 18.0. The minimum Gasteiger partial charge on any atom is -0.451 e. The number of aliphatic imine (C=N–C) groups is 2. The monoisotopic (exact) mass is 434 g/mol. The van der Waals surface area contributed by atoms with Crippen LogP contribution in [0.25, 0.3) is 0 Å². The van der Waals surface area contributed by atoms with Crippen LogP contribution in [0, 0.1) is 12.8 Å². The molecule has 0 aliphatic heterocycles. The van der Waals surface area contributed by atoms with Crippen molar-refractivity contribution in [2.45, 2.75) is 39.7 Å². The van der Waals surface area contributed by atoms with E-state index in [4.69, 9.17) is 4.74 Å². The molecule has 0 amide bonds. The number of benzene rings is 2. The molecule has 0 saturated carbocycles. The maximum Gasteiger partial charge on any atom is 0.338 e. The molecule has 2 unspecified atom stereocenters. The van der Waals surface area contributed by atoms with Gasteiger partial charge in [-0.15, -0.1) is 0 Å². The lowest BCUT2D eigenvalue weighted by atomic mass is 9.89. The number of hydrogen-bond donors (Lipinski definition) is 0. The van der Waals surface area contributed by atoms with Gasteiger partial charge in [0.15, 0.2) is 11.9 Å². The molecule has 8 heteroatoms. The Kier molecular flexibility index (Phi) is 8.66. The minimum atomic E-state index is -1.05. The average Bonchev–Trinajstić information content (AvgIpc) is 2.76. The average molecular weight is 434 g/mol. The summed E-state index contributed by atoms with van der Waals surface area (Å²) in [5, 5.41) is 0. The van der Waals surface area contributed by atoms with Crippen LogP contribution in [-0.2, 0) is 30.3 Å². The third-order valence-electron chi connectivity index (χ3n) is 4.96. The van der Waals surface area contributed by atoms with Crippen LogP contribution < -0.4 is 0 Å². The van der Waals surface area contributed by atoms with E-state index in [0.717, 1.165) is 11.1 Å². The second kappa shape index (κ2) is 11.4. The molecule has 0 N–H and O–H groups in total. The summed E-state index contributed by atoms with van der Waals surface area (Å²) in [6, 6.07) is 11.0. The Balaban J connectivity index is 2.04. The van der Waals surface area contributed by atoms with E-state index in [1.807, 2.05) is 0 Å². The van der Waals surface area contributed by atoms with Crippen LogP contribution in [0.1, 0.15) is 41.8 Å². The van der Waals surface area contributed by atoms with E-state index in [1.54, 1.807) is 25.1 Å². The molecule has 8 nitrogen and oxygen atoms in total. The van der Waals surface area contributed by atoms with Gasteiger partial charge in [-0.05, 0) is 68.7 Å². The van der Waals surface area contributed by atoms with Crippen molar-refractivity contribution in [2.24, 2.45) is 15.9 Å². The Morgan fingerprint density at radius 3 is 2.25 bits per heavy atom. The highest BCUT2D eigenvalue weighted by Crippen LogP contribution is 2.23. The van der Waals surface area contributed by atoms with Crippen LogP contribution in [0.3, 0.4) is 0 Å². The molecule has 0 saturated heterocycles. The Bertz CT molecular complexity index is 1110. The minimum absolute atomic E-state index is 0.100. The largest absolute Gasteiger partial charge is 0.451 e. The molecule has 2 aromatic carbocycles. The lowest BCUT2D eigenvalue weighted by Crippen LogP contribution is -2.28. The third-order valence-corrected chi connectivity index (χ3v) is 4.96. The van der Waals surface area contributed by atoms with Crippen LogP contribution in [0.15, 0.2) is 52.4 Å². The predicted molar refractivity (Wildman–Crippen MR) is 116 cm³/mol. The van der Waals surface area contributed by atoms with Crippen molar-refractivity contribution in [3.8, 4) is 0 Å². The molecule has 0 spiro atoms. The summed E-state index contributed by atoms with van der Waals surface area (Å²) < 4.78 is 5.23. The van der Waals surface area contributed by atoms with Gasteiger partial charge >= 0.3 is 5.97 Å². The number of aryl methyl sites for hydroxylation is 1. The Morgan fingerprint density at radius 2 is 1.66 bits per heavy atom. The van der Waals surface area contributed by atoms with Crippen molar-refractivity contribution in [1.82, 2.24) is 0 Å². The van der Waals surface area contributed by atoms with Crippen LogP contribution >= 0.6 is 0 Å². The first kappa shape index (κ1) is 24.3. The summed E-state index contributed by atoms with van der Waals surface area (Å²) in [6.45, 7) is 4.65. The van der Waals surface area contributed by atoms with Crippen molar-refractivity contribution in [1.29, 1.82) is 0 Å². The summed E-state index contributed by atoms with van der Waals surface area (Å²) in [5.74, 6) is -1.88. The van der Waals surface area contributed by atoms with E-state index >= 15 is 0 Å². The second-order valence-electron chi connectivity index (χ2n) is 7.30. The first-order valence-electron chi connectivity index (χ1n) is 9.84. The van der Waals surface area contributed by atoms with E-state index < -0.39 is 18.0 Å². The van der Waals surface area contributed by atoms with Gasteiger partial charge in [-0.2, -0.15) is 9.98 Å². The number of carbonyl (C=O) groups excluding carboxylic acids is 5. The summed E-state index contributed by atoms with van der Waals surface area (Å²) in [7, 11) is 0. The first-order valence-corrected chi connectivity index (χ1v) is 9.84. The summed E-state index contributed by atoms with van der Waals surface area (Å²) >= 11 is 0. The van der Waals surface area contributed by atoms with Crippen LogP contribution in [0.2, 0.25) is 0 Å². The zero-order chi connectivity index (χ0) is 23.7. The molecular formula is C24H22N2O6. The van der Waals surface area contributed by atoms with E-state index in [9.17, 15) is 24.0 Å². The third kappa shape index (κ3) is 6.77. The van der Waals surface area contributed by atoms with Gasteiger partial charge < -0.3 is 4.74 Å². The molecule has 0 fully saturated rings. The van der Waals surface area contributed by atoms with Gasteiger partial charge in [-0.1, -0.05) is 12.1 Å². The molecule has 2 aromatic rings. The van der Waals surface area contributed by atoms with Crippen molar-refractivity contribution < 1.29 is 28.7 Å². The summed E-state index contributed by atoms with van der Waals surface area (Å²) in [4.78, 5) is 64.9. The second-order valence-corrected chi connectivity index (χ2v) is 7.30. The Morgan fingerprint density at radius 1 is 1.00 bits per heavy atom. The predicted octanol–water partition coefficient (Wildman–Crippen LogP) is 3.88. The van der Waals surface area contributed by atoms with Gasteiger partial charge in [0, 0.05) is 12.3 Å². The molecule has 2 atom stereocenters. The maximum atomic E-state index is 12.6. The smallest absolute Gasteiger partial charge is 0.338 e. The van der Waals surface area contributed by atoms with Gasteiger partial charge in [0.1, 0.15) is 5.78 Å². The van der Waals surface area contributed by atoms with Gasteiger partial charge in [0.2, 0.25) is 12.2 Å². The van der Waals surface area contributed by atoms with Crippen LogP contribution in [-0.4, -0.2) is 35.8 Å². The molecule has 0 aliphatic carbocycles. The van der Waals surface area contributed by atoms with E-state index in [0.29, 0.717) is 11.4 Å². The van der Waals surface area contributed by atoms with Gasteiger partial charge in [-0.3, -0.25) is 9.59 Å². The number of esters is 1.